The monoisotopic (exact) mass is 445 g/mol. The summed E-state index contributed by atoms with van der Waals surface area (Å²) in [6.45, 7) is 4.75. The summed E-state index contributed by atoms with van der Waals surface area (Å²) in [5.41, 5.74) is 2.49. The van der Waals surface area contributed by atoms with Crippen molar-refractivity contribution in [2.75, 3.05) is 49.6 Å². The zero-order valence-electron chi connectivity index (χ0n) is 16.2. The van der Waals surface area contributed by atoms with Crippen molar-refractivity contribution in [3.63, 3.8) is 0 Å². The standard InChI is InChI=1S/C21H21Cl2N5O2/c22-16-2-4-19(30-14-10-24-11-14)20-15(16)12-25-21(27-20)26-13-1-3-18(17(23)9-13)28-5-7-29-8-6-28/h1-4,9,12,14,24H,5-8,10-11H2,(H,25,26,27). The summed E-state index contributed by atoms with van der Waals surface area (Å²) in [5.74, 6) is 1.16. The number of fused-ring (bicyclic) bond motifs is 1. The Bertz CT molecular complexity index is 1070. The van der Waals surface area contributed by atoms with Crippen molar-refractivity contribution in [1.29, 1.82) is 0 Å². The van der Waals surface area contributed by atoms with Crippen molar-refractivity contribution in [2.24, 2.45) is 0 Å². The van der Waals surface area contributed by atoms with E-state index in [9.17, 15) is 0 Å². The topological polar surface area (TPSA) is 71.5 Å². The van der Waals surface area contributed by atoms with Crippen molar-refractivity contribution in [3.05, 3.63) is 46.6 Å². The second-order valence-corrected chi connectivity index (χ2v) is 8.10. The molecule has 3 heterocycles. The van der Waals surface area contributed by atoms with Gasteiger partial charge in [0.05, 0.1) is 28.9 Å². The fourth-order valence-electron chi connectivity index (χ4n) is 3.52. The van der Waals surface area contributed by atoms with Crippen LogP contribution in [-0.4, -0.2) is 55.5 Å². The zero-order valence-corrected chi connectivity index (χ0v) is 17.7. The lowest BCUT2D eigenvalue weighted by Gasteiger charge is -2.29. The predicted octanol–water partition coefficient (Wildman–Crippen LogP) is 3.87. The summed E-state index contributed by atoms with van der Waals surface area (Å²) in [4.78, 5) is 11.3. The fourth-order valence-corrected chi connectivity index (χ4v) is 4.02. The van der Waals surface area contributed by atoms with Crippen LogP contribution in [0.25, 0.3) is 10.9 Å². The Labute approximate surface area is 184 Å². The van der Waals surface area contributed by atoms with Gasteiger partial charge in [0.1, 0.15) is 17.4 Å². The number of morpholine rings is 1. The molecular formula is C21H21Cl2N5O2. The molecule has 2 fully saturated rings. The van der Waals surface area contributed by atoms with E-state index < -0.39 is 0 Å². The van der Waals surface area contributed by atoms with Crippen LogP contribution >= 0.6 is 23.2 Å². The van der Waals surface area contributed by atoms with Gasteiger partial charge in [0.15, 0.2) is 0 Å². The molecule has 2 aromatic carbocycles. The van der Waals surface area contributed by atoms with E-state index in [0.717, 1.165) is 42.9 Å². The SMILES string of the molecule is Clc1cc(Nc2ncc3c(Cl)ccc(OC4CNC4)c3n2)ccc1N1CCOCC1. The molecule has 0 amide bonds. The van der Waals surface area contributed by atoms with E-state index in [1.165, 1.54) is 0 Å². The van der Waals surface area contributed by atoms with Crippen LogP contribution in [0.5, 0.6) is 5.75 Å². The van der Waals surface area contributed by atoms with Gasteiger partial charge in [-0.15, -0.1) is 0 Å². The molecule has 2 aliphatic heterocycles. The van der Waals surface area contributed by atoms with E-state index in [0.29, 0.717) is 40.5 Å². The molecule has 0 atom stereocenters. The third-order valence-corrected chi connectivity index (χ3v) is 5.89. The number of aromatic nitrogens is 2. The molecule has 2 saturated heterocycles. The first-order valence-electron chi connectivity index (χ1n) is 9.89. The second kappa shape index (κ2) is 8.43. The molecule has 30 heavy (non-hydrogen) atoms. The van der Waals surface area contributed by atoms with Gasteiger partial charge in [0.25, 0.3) is 0 Å². The van der Waals surface area contributed by atoms with E-state index in [1.807, 2.05) is 30.3 Å². The van der Waals surface area contributed by atoms with Crippen LogP contribution < -0.4 is 20.3 Å². The lowest BCUT2D eigenvalue weighted by atomic mass is 10.2. The van der Waals surface area contributed by atoms with Gasteiger partial charge in [0, 0.05) is 43.4 Å². The smallest absolute Gasteiger partial charge is 0.227 e. The van der Waals surface area contributed by atoms with Gasteiger partial charge in [-0.1, -0.05) is 23.2 Å². The van der Waals surface area contributed by atoms with Crippen molar-refractivity contribution in [2.45, 2.75) is 6.10 Å². The van der Waals surface area contributed by atoms with Gasteiger partial charge in [-0.25, -0.2) is 9.97 Å². The van der Waals surface area contributed by atoms with Crippen LogP contribution in [-0.2, 0) is 4.74 Å². The Morgan fingerprint density at radius 3 is 2.67 bits per heavy atom. The molecule has 156 valence electrons. The molecule has 2 aliphatic rings. The molecule has 1 aromatic heterocycles. The minimum absolute atomic E-state index is 0.146. The number of nitrogens with zero attached hydrogens (tertiary/aromatic N) is 3. The van der Waals surface area contributed by atoms with Gasteiger partial charge in [0.2, 0.25) is 5.95 Å². The molecule has 3 aromatic rings. The normalized spacial score (nSPS) is 17.1. The van der Waals surface area contributed by atoms with Gasteiger partial charge in [-0.3, -0.25) is 0 Å². The van der Waals surface area contributed by atoms with E-state index in [-0.39, 0.29) is 6.10 Å². The van der Waals surface area contributed by atoms with Crippen molar-refractivity contribution < 1.29 is 9.47 Å². The molecular weight excluding hydrogens is 425 g/mol. The van der Waals surface area contributed by atoms with Gasteiger partial charge < -0.3 is 25.0 Å². The average molecular weight is 446 g/mol. The maximum atomic E-state index is 6.54. The number of hydrogen-bond acceptors (Lipinski definition) is 7. The molecule has 9 heteroatoms. The van der Waals surface area contributed by atoms with Crippen molar-refractivity contribution in [3.8, 4) is 5.75 Å². The number of benzene rings is 2. The fraction of sp³-hybridized carbons (Fsp3) is 0.333. The molecule has 0 spiro atoms. The van der Waals surface area contributed by atoms with Gasteiger partial charge >= 0.3 is 0 Å². The summed E-state index contributed by atoms with van der Waals surface area (Å²) in [7, 11) is 0. The quantitative estimate of drug-likeness (QED) is 0.617. The Morgan fingerprint density at radius 2 is 1.93 bits per heavy atom. The predicted molar refractivity (Wildman–Crippen MR) is 120 cm³/mol. The summed E-state index contributed by atoms with van der Waals surface area (Å²) < 4.78 is 11.5. The highest BCUT2D eigenvalue weighted by Crippen LogP contribution is 2.33. The highest BCUT2D eigenvalue weighted by molar-refractivity contribution is 6.35. The maximum absolute atomic E-state index is 6.54. The van der Waals surface area contributed by atoms with Crippen LogP contribution in [0.1, 0.15) is 0 Å². The largest absolute Gasteiger partial charge is 0.485 e. The Hall–Kier alpha value is -2.32. The highest BCUT2D eigenvalue weighted by Gasteiger charge is 2.21. The van der Waals surface area contributed by atoms with Crippen LogP contribution in [0.2, 0.25) is 10.0 Å². The number of hydrogen-bond donors (Lipinski definition) is 2. The summed E-state index contributed by atoms with van der Waals surface area (Å²) >= 11 is 12.9. The third-order valence-electron chi connectivity index (χ3n) is 5.25. The molecule has 2 N–H and O–H groups in total. The molecule has 0 bridgehead atoms. The van der Waals surface area contributed by atoms with Crippen LogP contribution in [0.15, 0.2) is 36.5 Å². The zero-order chi connectivity index (χ0) is 20.5. The number of ether oxygens (including phenoxy) is 2. The van der Waals surface area contributed by atoms with Crippen LogP contribution in [0, 0.1) is 0 Å². The summed E-state index contributed by atoms with van der Waals surface area (Å²) in [6, 6.07) is 9.53. The number of nitrogens with one attached hydrogen (secondary N) is 2. The minimum atomic E-state index is 0.146. The average Bonchev–Trinajstić information content (AvgIpc) is 2.73. The van der Waals surface area contributed by atoms with Crippen molar-refractivity contribution >= 4 is 51.4 Å². The lowest BCUT2D eigenvalue weighted by Crippen LogP contribution is -2.50. The first kappa shape index (κ1) is 19.6. The third kappa shape index (κ3) is 3.98. The Kier molecular flexibility index (Phi) is 5.52. The molecule has 5 rings (SSSR count). The molecule has 0 aliphatic carbocycles. The van der Waals surface area contributed by atoms with Crippen LogP contribution in [0.4, 0.5) is 17.3 Å². The van der Waals surface area contributed by atoms with Crippen molar-refractivity contribution in [1.82, 2.24) is 15.3 Å². The minimum Gasteiger partial charge on any atom is -0.485 e. The number of rotatable bonds is 5. The van der Waals surface area contributed by atoms with Gasteiger partial charge in [-0.05, 0) is 30.3 Å². The first-order chi connectivity index (χ1) is 14.7. The molecule has 7 nitrogen and oxygen atoms in total. The lowest BCUT2D eigenvalue weighted by molar-refractivity contribution is 0.122. The van der Waals surface area contributed by atoms with E-state index in [1.54, 1.807) is 6.20 Å². The first-order valence-corrected chi connectivity index (χ1v) is 10.6. The molecule has 0 saturated carbocycles. The maximum Gasteiger partial charge on any atom is 0.227 e. The second-order valence-electron chi connectivity index (χ2n) is 7.29. The highest BCUT2D eigenvalue weighted by atomic mass is 35.5. The van der Waals surface area contributed by atoms with Crippen LogP contribution in [0.3, 0.4) is 0 Å². The Balaban J connectivity index is 1.40. The van der Waals surface area contributed by atoms with Gasteiger partial charge in [-0.2, -0.15) is 0 Å². The van der Waals surface area contributed by atoms with E-state index >= 15 is 0 Å². The molecule has 0 unspecified atom stereocenters. The summed E-state index contributed by atoms with van der Waals surface area (Å²) in [5, 5.41) is 8.46. The number of anilines is 3. The van der Waals surface area contributed by atoms with E-state index in [2.05, 4.69) is 25.5 Å². The summed E-state index contributed by atoms with van der Waals surface area (Å²) in [6.07, 6.45) is 1.86. The Morgan fingerprint density at radius 1 is 1.10 bits per heavy atom. The number of halogens is 2. The van der Waals surface area contributed by atoms with E-state index in [4.69, 9.17) is 32.7 Å². The molecule has 0 radical (unpaired) electrons.